The van der Waals surface area contributed by atoms with E-state index in [1.54, 1.807) is 6.07 Å². The van der Waals surface area contributed by atoms with Crippen LogP contribution in [0.5, 0.6) is 0 Å². The topological polar surface area (TPSA) is 32.3 Å². The zero-order valence-corrected chi connectivity index (χ0v) is 11.8. The van der Waals surface area contributed by atoms with E-state index in [1.807, 2.05) is 11.8 Å². The minimum absolute atomic E-state index is 0.0939. The molecule has 0 unspecified atom stereocenters. The van der Waals surface area contributed by atoms with Crippen molar-refractivity contribution in [3.05, 3.63) is 34.1 Å². The molecule has 18 heavy (non-hydrogen) atoms. The second-order valence-corrected chi connectivity index (χ2v) is 5.38. The molecule has 3 nitrogen and oxygen atoms in total. The first-order valence-corrected chi connectivity index (χ1v) is 6.89. The van der Waals surface area contributed by atoms with Crippen LogP contribution in [-0.4, -0.2) is 36.5 Å². The number of amides is 1. The number of hydrogen-bond acceptors (Lipinski definition) is 2. The zero-order valence-electron chi connectivity index (χ0n) is 10.2. The molecule has 0 aromatic heterocycles. The Morgan fingerprint density at radius 3 is 2.72 bits per heavy atom. The molecule has 1 aliphatic rings. The van der Waals surface area contributed by atoms with Crippen LogP contribution in [-0.2, 0) is 0 Å². The van der Waals surface area contributed by atoms with Crippen LogP contribution in [0.25, 0.3) is 0 Å². The summed E-state index contributed by atoms with van der Waals surface area (Å²) in [7, 11) is 0. The Labute approximate surface area is 114 Å². The molecule has 1 saturated heterocycles. The highest BCUT2D eigenvalue weighted by molar-refractivity contribution is 9.10. The predicted octanol–water partition coefficient (Wildman–Crippen LogP) is 2.41. The summed E-state index contributed by atoms with van der Waals surface area (Å²) in [5, 5.41) is 3.15. The van der Waals surface area contributed by atoms with Gasteiger partial charge in [-0.1, -0.05) is 22.9 Å². The smallest absolute Gasteiger partial charge is 0.254 e. The van der Waals surface area contributed by atoms with Crippen molar-refractivity contribution in [2.75, 3.05) is 19.6 Å². The van der Waals surface area contributed by atoms with Crippen molar-refractivity contribution in [2.45, 2.75) is 19.4 Å². The van der Waals surface area contributed by atoms with Crippen molar-refractivity contribution in [2.24, 2.45) is 0 Å². The SMILES string of the molecule is CCCN(C(=O)c1cc(F)cc(Br)c1)C1CNC1. The monoisotopic (exact) mass is 314 g/mol. The average molecular weight is 315 g/mol. The molecule has 1 heterocycles. The fraction of sp³-hybridized carbons (Fsp3) is 0.462. The summed E-state index contributed by atoms with van der Waals surface area (Å²) >= 11 is 3.21. The van der Waals surface area contributed by atoms with E-state index in [1.165, 1.54) is 12.1 Å². The van der Waals surface area contributed by atoms with Crippen LogP contribution in [0.2, 0.25) is 0 Å². The largest absolute Gasteiger partial charge is 0.333 e. The third kappa shape index (κ3) is 2.90. The van der Waals surface area contributed by atoms with Gasteiger partial charge in [-0.15, -0.1) is 0 Å². The quantitative estimate of drug-likeness (QED) is 0.925. The van der Waals surface area contributed by atoms with E-state index in [2.05, 4.69) is 21.2 Å². The number of carbonyl (C=O) groups is 1. The molecule has 5 heteroatoms. The Morgan fingerprint density at radius 1 is 1.50 bits per heavy atom. The summed E-state index contributed by atoms with van der Waals surface area (Å²) in [4.78, 5) is 14.2. The summed E-state index contributed by atoms with van der Waals surface area (Å²) < 4.78 is 13.9. The van der Waals surface area contributed by atoms with Crippen molar-refractivity contribution in [3.8, 4) is 0 Å². The van der Waals surface area contributed by atoms with E-state index in [4.69, 9.17) is 0 Å². The number of nitrogens with one attached hydrogen (secondary N) is 1. The Hall–Kier alpha value is -0.940. The van der Waals surface area contributed by atoms with Crippen molar-refractivity contribution >= 4 is 21.8 Å². The van der Waals surface area contributed by atoms with Crippen LogP contribution in [0.1, 0.15) is 23.7 Å². The third-order valence-corrected chi connectivity index (χ3v) is 3.49. The second kappa shape index (κ2) is 5.80. The molecule has 0 radical (unpaired) electrons. The van der Waals surface area contributed by atoms with E-state index in [0.29, 0.717) is 16.6 Å². The standard InChI is InChI=1S/C13H16BrFN2O/c1-2-3-17(12-7-16-8-12)13(18)9-4-10(14)6-11(15)5-9/h4-6,12,16H,2-3,7-8H2,1H3. The molecule has 1 N–H and O–H groups in total. The highest BCUT2D eigenvalue weighted by Gasteiger charge is 2.28. The summed E-state index contributed by atoms with van der Waals surface area (Å²) in [5.74, 6) is -0.487. The highest BCUT2D eigenvalue weighted by atomic mass is 79.9. The van der Waals surface area contributed by atoms with Crippen LogP contribution >= 0.6 is 15.9 Å². The number of carbonyl (C=O) groups excluding carboxylic acids is 1. The molecular formula is C13H16BrFN2O. The number of nitrogens with zero attached hydrogens (tertiary/aromatic N) is 1. The van der Waals surface area contributed by atoms with E-state index in [0.717, 1.165) is 19.5 Å². The lowest BCUT2D eigenvalue weighted by atomic mass is 10.1. The molecule has 1 aromatic carbocycles. The summed E-state index contributed by atoms with van der Waals surface area (Å²) in [6.07, 6.45) is 0.902. The van der Waals surface area contributed by atoms with E-state index in [-0.39, 0.29) is 11.9 Å². The van der Waals surface area contributed by atoms with Crippen LogP contribution < -0.4 is 5.32 Å². The fourth-order valence-corrected chi connectivity index (χ4v) is 2.49. The van der Waals surface area contributed by atoms with Gasteiger partial charge in [-0.25, -0.2) is 4.39 Å². The van der Waals surface area contributed by atoms with Gasteiger partial charge in [-0.3, -0.25) is 4.79 Å². The van der Waals surface area contributed by atoms with Gasteiger partial charge >= 0.3 is 0 Å². The van der Waals surface area contributed by atoms with Gasteiger partial charge in [0.05, 0.1) is 6.04 Å². The molecule has 0 atom stereocenters. The first-order chi connectivity index (χ1) is 8.61. The maximum atomic E-state index is 13.3. The maximum absolute atomic E-state index is 13.3. The molecule has 0 spiro atoms. The molecule has 2 rings (SSSR count). The first kappa shape index (κ1) is 13.5. The van der Waals surface area contributed by atoms with Gasteiger partial charge in [0.2, 0.25) is 0 Å². The van der Waals surface area contributed by atoms with Gasteiger partial charge in [0.25, 0.3) is 5.91 Å². The first-order valence-electron chi connectivity index (χ1n) is 6.09. The van der Waals surface area contributed by atoms with Gasteiger partial charge in [0.15, 0.2) is 0 Å². The van der Waals surface area contributed by atoms with Crippen LogP contribution in [0, 0.1) is 5.82 Å². The normalized spacial score (nSPS) is 15.3. The number of benzene rings is 1. The number of hydrogen-bond donors (Lipinski definition) is 1. The van der Waals surface area contributed by atoms with Crippen LogP contribution in [0.15, 0.2) is 22.7 Å². The Bertz CT molecular complexity index is 428. The average Bonchev–Trinajstić information content (AvgIpc) is 2.23. The highest BCUT2D eigenvalue weighted by Crippen LogP contribution is 2.18. The Kier molecular flexibility index (Phi) is 4.35. The lowest BCUT2D eigenvalue weighted by Crippen LogP contribution is -2.59. The maximum Gasteiger partial charge on any atom is 0.254 e. The molecular weight excluding hydrogens is 299 g/mol. The minimum atomic E-state index is -0.393. The fourth-order valence-electron chi connectivity index (χ4n) is 2.03. The van der Waals surface area contributed by atoms with Crippen molar-refractivity contribution in [1.29, 1.82) is 0 Å². The summed E-state index contributed by atoms with van der Waals surface area (Å²) in [6.45, 7) is 4.39. The number of rotatable bonds is 4. The van der Waals surface area contributed by atoms with Gasteiger partial charge < -0.3 is 10.2 Å². The molecule has 0 bridgehead atoms. The van der Waals surface area contributed by atoms with Crippen LogP contribution in [0.3, 0.4) is 0 Å². The van der Waals surface area contributed by atoms with Gasteiger partial charge in [0, 0.05) is 29.7 Å². The molecule has 0 saturated carbocycles. The Balaban J connectivity index is 2.21. The molecule has 1 aliphatic heterocycles. The van der Waals surface area contributed by atoms with Gasteiger partial charge in [-0.05, 0) is 24.6 Å². The van der Waals surface area contributed by atoms with E-state index >= 15 is 0 Å². The van der Waals surface area contributed by atoms with Crippen LogP contribution in [0.4, 0.5) is 4.39 Å². The summed E-state index contributed by atoms with van der Waals surface area (Å²) in [6, 6.07) is 4.55. The van der Waals surface area contributed by atoms with Crippen molar-refractivity contribution < 1.29 is 9.18 Å². The number of halogens is 2. The predicted molar refractivity (Wildman–Crippen MR) is 72.1 cm³/mol. The third-order valence-electron chi connectivity index (χ3n) is 3.04. The lowest BCUT2D eigenvalue weighted by Gasteiger charge is -2.38. The van der Waals surface area contributed by atoms with E-state index < -0.39 is 5.82 Å². The van der Waals surface area contributed by atoms with Crippen molar-refractivity contribution in [3.63, 3.8) is 0 Å². The van der Waals surface area contributed by atoms with E-state index in [9.17, 15) is 9.18 Å². The molecule has 1 fully saturated rings. The molecule has 1 amide bonds. The Morgan fingerprint density at radius 2 is 2.22 bits per heavy atom. The van der Waals surface area contributed by atoms with Gasteiger partial charge in [0.1, 0.15) is 5.82 Å². The molecule has 98 valence electrons. The minimum Gasteiger partial charge on any atom is -0.333 e. The van der Waals surface area contributed by atoms with Gasteiger partial charge in [-0.2, -0.15) is 0 Å². The zero-order chi connectivity index (χ0) is 13.1. The van der Waals surface area contributed by atoms with Crippen molar-refractivity contribution in [1.82, 2.24) is 10.2 Å². The summed E-state index contributed by atoms with van der Waals surface area (Å²) in [5.41, 5.74) is 0.405. The lowest BCUT2D eigenvalue weighted by molar-refractivity contribution is 0.0615. The second-order valence-electron chi connectivity index (χ2n) is 4.47. The molecule has 0 aliphatic carbocycles. The molecule has 1 aromatic rings.